The number of ether oxygens (including phenoxy) is 1. The van der Waals surface area contributed by atoms with Crippen LogP contribution in [0.25, 0.3) is 11.0 Å². The highest BCUT2D eigenvalue weighted by atomic mass is 35.5. The predicted molar refractivity (Wildman–Crippen MR) is 82.5 cm³/mol. The molecule has 21 heavy (non-hydrogen) atoms. The zero-order valence-electron chi connectivity index (χ0n) is 11.8. The smallest absolute Gasteiger partial charge is 0.144 e. The molecule has 1 fully saturated rings. The van der Waals surface area contributed by atoms with Crippen molar-refractivity contribution >= 4 is 34.2 Å². The van der Waals surface area contributed by atoms with Gasteiger partial charge in [-0.05, 0) is 25.8 Å². The quantitative estimate of drug-likeness (QED) is 0.771. The normalized spacial score (nSPS) is 20.9. The van der Waals surface area contributed by atoms with Crippen molar-refractivity contribution in [3.63, 3.8) is 0 Å². The molecule has 0 N–H and O–H groups in total. The van der Waals surface area contributed by atoms with Crippen molar-refractivity contribution in [1.29, 1.82) is 0 Å². The number of aromatic nitrogens is 2. The Morgan fingerprint density at radius 1 is 1.52 bits per heavy atom. The summed E-state index contributed by atoms with van der Waals surface area (Å²) in [7, 11) is 0. The minimum Gasteiger partial charge on any atom is -0.381 e. The number of nitrogens with zero attached hydrogens (tertiary/aromatic N) is 2. The van der Waals surface area contributed by atoms with Crippen LogP contribution >= 0.6 is 23.2 Å². The second-order valence-corrected chi connectivity index (χ2v) is 6.60. The van der Waals surface area contributed by atoms with Gasteiger partial charge < -0.3 is 9.30 Å². The average molecular weight is 331 g/mol. The third-order valence-electron chi connectivity index (χ3n) is 3.87. The van der Waals surface area contributed by atoms with E-state index in [0.29, 0.717) is 11.4 Å². The number of imidazole rings is 1. The lowest BCUT2D eigenvalue weighted by atomic mass is 10.0. The molecule has 0 amide bonds. The Morgan fingerprint density at radius 3 is 3.00 bits per heavy atom. The van der Waals surface area contributed by atoms with Gasteiger partial charge in [0, 0.05) is 25.1 Å². The van der Waals surface area contributed by atoms with E-state index in [9.17, 15) is 4.39 Å². The van der Waals surface area contributed by atoms with Crippen molar-refractivity contribution in [3.8, 4) is 0 Å². The van der Waals surface area contributed by atoms with Gasteiger partial charge in [0.15, 0.2) is 0 Å². The van der Waals surface area contributed by atoms with Gasteiger partial charge in [-0.1, -0.05) is 11.6 Å². The van der Waals surface area contributed by atoms with Crippen LogP contribution < -0.4 is 0 Å². The Hall–Kier alpha value is -0.840. The third-order valence-corrected chi connectivity index (χ3v) is 4.36. The second kappa shape index (κ2) is 6.11. The lowest BCUT2D eigenvalue weighted by molar-refractivity contribution is 0.0485. The molecule has 6 heteroatoms. The number of rotatable bonds is 3. The maximum Gasteiger partial charge on any atom is 0.144 e. The van der Waals surface area contributed by atoms with Crippen molar-refractivity contribution in [1.82, 2.24) is 9.55 Å². The molecule has 2 atom stereocenters. The van der Waals surface area contributed by atoms with Gasteiger partial charge in [0.25, 0.3) is 0 Å². The number of benzene rings is 1. The van der Waals surface area contributed by atoms with Crippen molar-refractivity contribution in [2.45, 2.75) is 31.7 Å². The molecule has 1 aromatic heterocycles. The number of fused-ring (bicyclic) bond motifs is 1. The lowest BCUT2D eigenvalue weighted by Crippen LogP contribution is -2.23. The van der Waals surface area contributed by atoms with E-state index in [0.717, 1.165) is 43.9 Å². The van der Waals surface area contributed by atoms with Crippen molar-refractivity contribution < 1.29 is 9.13 Å². The summed E-state index contributed by atoms with van der Waals surface area (Å²) in [6.07, 6.45) is 2.16. The predicted octanol–water partition coefficient (Wildman–Crippen LogP) is 4.56. The van der Waals surface area contributed by atoms with Gasteiger partial charge in [0.1, 0.15) is 11.6 Å². The van der Waals surface area contributed by atoms with Crippen LogP contribution in [0.5, 0.6) is 0 Å². The van der Waals surface area contributed by atoms with Gasteiger partial charge in [-0.15, -0.1) is 11.6 Å². The molecule has 2 unspecified atom stereocenters. The van der Waals surface area contributed by atoms with Gasteiger partial charge in [0.05, 0.1) is 28.0 Å². The third kappa shape index (κ3) is 3.03. The first-order chi connectivity index (χ1) is 10.1. The summed E-state index contributed by atoms with van der Waals surface area (Å²) in [6, 6.07) is 3.00. The first-order valence-corrected chi connectivity index (χ1v) is 7.94. The van der Waals surface area contributed by atoms with Crippen LogP contribution in [0.1, 0.15) is 31.0 Å². The lowest BCUT2D eigenvalue weighted by Gasteiger charge is -2.24. The fourth-order valence-corrected chi connectivity index (χ4v) is 3.17. The highest BCUT2D eigenvalue weighted by Gasteiger charge is 2.21. The van der Waals surface area contributed by atoms with Crippen LogP contribution in [0, 0.1) is 11.7 Å². The van der Waals surface area contributed by atoms with Crippen molar-refractivity contribution in [3.05, 3.63) is 28.8 Å². The number of alkyl halides is 1. The van der Waals surface area contributed by atoms with E-state index in [1.165, 1.54) is 6.07 Å². The van der Waals surface area contributed by atoms with Gasteiger partial charge in [-0.25, -0.2) is 9.37 Å². The van der Waals surface area contributed by atoms with E-state index in [1.807, 2.05) is 11.5 Å². The number of hydrogen-bond donors (Lipinski definition) is 0. The first-order valence-electron chi connectivity index (χ1n) is 7.13. The second-order valence-electron chi connectivity index (χ2n) is 5.53. The van der Waals surface area contributed by atoms with Crippen LogP contribution in [0.15, 0.2) is 12.1 Å². The maximum atomic E-state index is 13.8. The average Bonchev–Trinajstić information content (AvgIpc) is 2.79. The Labute approximate surface area is 133 Å². The summed E-state index contributed by atoms with van der Waals surface area (Å²) in [4.78, 5) is 4.52. The van der Waals surface area contributed by atoms with Crippen molar-refractivity contribution in [2.24, 2.45) is 5.92 Å². The molecule has 0 aliphatic carbocycles. The Balaban J connectivity index is 2.04. The van der Waals surface area contributed by atoms with Gasteiger partial charge in [-0.3, -0.25) is 0 Å². The molecule has 114 valence electrons. The fraction of sp³-hybridized carbons (Fsp3) is 0.533. The number of hydrogen-bond acceptors (Lipinski definition) is 2. The van der Waals surface area contributed by atoms with Crippen LogP contribution in [-0.4, -0.2) is 22.8 Å². The fourth-order valence-electron chi connectivity index (χ4n) is 2.84. The van der Waals surface area contributed by atoms with E-state index in [-0.39, 0.29) is 10.4 Å². The Morgan fingerprint density at radius 2 is 2.33 bits per heavy atom. The van der Waals surface area contributed by atoms with E-state index in [2.05, 4.69) is 4.98 Å². The monoisotopic (exact) mass is 330 g/mol. The van der Waals surface area contributed by atoms with Gasteiger partial charge in [-0.2, -0.15) is 0 Å². The summed E-state index contributed by atoms with van der Waals surface area (Å²) >= 11 is 12.1. The summed E-state index contributed by atoms with van der Waals surface area (Å²) in [5.41, 5.74) is 1.42. The minimum atomic E-state index is -0.431. The van der Waals surface area contributed by atoms with E-state index < -0.39 is 5.82 Å². The Bertz CT molecular complexity index is 651. The molecule has 0 bridgehead atoms. The van der Waals surface area contributed by atoms with Gasteiger partial charge >= 0.3 is 0 Å². The largest absolute Gasteiger partial charge is 0.381 e. The molecule has 1 aromatic carbocycles. The molecule has 1 aliphatic rings. The zero-order valence-corrected chi connectivity index (χ0v) is 13.3. The van der Waals surface area contributed by atoms with E-state index >= 15 is 0 Å². The topological polar surface area (TPSA) is 27.1 Å². The maximum absolute atomic E-state index is 13.8. The molecular weight excluding hydrogens is 314 g/mol. The standard InChI is InChI=1S/C15H17Cl2FN2O/c1-9(16)15-19-13-5-11(17)12(18)6-14(13)20(15)7-10-3-2-4-21-8-10/h5-6,9-10H,2-4,7-8H2,1H3. The van der Waals surface area contributed by atoms with E-state index in [1.54, 1.807) is 6.07 Å². The van der Waals surface area contributed by atoms with Crippen LogP contribution in [-0.2, 0) is 11.3 Å². The zero-order chi connectivity index (χ0) is 15.0. The molecule has 3 rings (SSSR count). The summed E-state index contributed by atoms with van der Waals surface area (Å²) in [6.45, 7) is 4.16. The summed E-state index contributed by atoms with van der Waals surface area (Å²) in [5, 5.41) is -0.161. The van der Waals surface area contributed by atoms with Crippen LogP contribution in [0.4, 0.5) is 4.39 Å². The highest BCUT2D eigenvalue weighted by Crippen LogP contribution is 2.30. The summed E-state index contributed by atoms with van der Waals surface area (Å²) in [5.74, 6) is 0.724. The SMILES string of the molecule is CC(Cl)c1nc2cc(Cl)c(F)cc2n1CC1CCCOC1. The molecule has 0 saturated carbocycles. The van der Waals surface area contributed by atoms with Crippen LogP contribution in [0.2, 0.25) is 5.02 Å². The number of halogens is 3. The molecule has 2 heterocycles. The summed E-state index contributed by atoms with van der Waals surface area (Å²) < 4.78 is 21.3. The molecular formula is C15H17Cl2FN2O. The molecule has 3 nitrogen and oxygen atoms in total. The first kappa shape index (κ1) is 15.1. The van der Waals surface area contributed by atoms with E-state index in [4.69, 9.17) is 27.9 Å². The minimum absolute atomic E-state index is 0.0851. The van der Waals surface area contributed by atoms with Gasteiger partial charge in [0.2, 0.25) is 0 Å². The molecule has 1 aliphatic heterocycles. The van der Waals surface area contributed by atoms with Crippen LogP contribution in [0.3, 0.4) is 0 Å². The van der Waals surface area contributed by atoms with Crippen molar-refractivity contribution in [2.75, 3.05) is 13.2 Å². The molecule has 2 aromatic rings. The molecule has 0 radical (unpaired) electrons. The molecule has 1 saturated heterocycles. The Kier molecular flexibility index (Phi) is 4.38. The molecule has 0 spiro atoms. The highest BCUT2D eigenvalue weighted by molar-refractivity contribution is 6.31.